The van der Waals surface area contributed by atoms with Gasteiger partial charge in [0.05, 0.1) is 5.25 Å². The average Bonchev–Trinajstić information content (AvgIpc) is 3.10. The van der Waals surface area contributed by atoms with Crippen molar-refractivity contribution >= 4 is 35.0 Å². The van der Waals surface area contributed by atoms with E-state index >= 15 is 0 Å². The summed E-state index contributed by atoms with van der Waals surface area (Å²) in [7, 11) is 0. The van der Waals surface area contributed by atoms with Gasteiger partial charge in [-0.05, 0) is 37.1 Å². The second-order valence-corrected chi connectivity index (χ2v) is 7.52. The number of H-pyrrole nitrogens is 1. The normalized spacial score (nSPS) is 12.0. The first kappa shape index (κ1) is 18.5. The zero-order valence-corrected chi connectivity index (χ0v) is 16.1. The maximum absolute atomic E-state index is 12.3. The van der Waals surface area contributed by atoms with Crippen LogP contribution in [0.2, 0.25) is 5.02 Å². The van der Waals surface area contributed by atoms with E-state index in [1.807, 2.05) is 19.1 Å². The Bertz CT molecular complexity index is 895. The third kappa shape index (κ3) is 4.65. The van der Waals surface area contributed by atoms with Gasteiger partial charge in [-0.25, -0.2) is 4.98 Å². The molecule has 3 rings (SSSR count). The van der Waals surface area contributed by atoms with Crippen LogP contribution in [0.5, 0.6) is 0 Å². The number of aromatic nitrogens is 3. The van der Waals surface area contributed by atoms with Gasteiger partial charge in [-0.3, -0.25) is 9.89 Å². The number of hydrogen-bond donors (Lipinski definition) is 2. The molecule has 0 unspecified atom stereocenters. The molecule has 2 N–H and O–H groups in total. The molecule has 134 valence electrons. The van der Waals surface area contributed by atoms with Crippen LogP contribution in [-0.4, -0.2) is 26.3 Å². The Labute approximate surface area is 161 Å². The molecule has 0 bridgehead atoms. The molecule has 1 heterocycles. The van der Waals surface area contributed by atoms with Crippen molar-refractivity contribution in [1.29, 1.82) is 0 Å². The molecule has 2 aromatic carbocycles. The lowest BCUT2D eigenvalue weighted by molar-refractivity contribution is -0.115. The Kier molecular flexibility index (Phi) is 5.96. The van der Waals surface area contributed by atoms with Crippen molar-refractivity contribution in [3.63, 3.8) is 0 Å². The van der Waals surface area contributed by atoms with E-state index in [-0.39, 0.29) is 11.2 Å². The predicted octanol–water partition coefficient (Wildman–Crippen LogP) is 4.81. The van der Waals surface area contributed by atoms with Crippen LogP contribution in [0.4, 0.5) is 5.69 Å². The number of benzene rings is 2. The van der Waals surface area contributed by atoms with Gasteiger partial charge in [-0.1, -0.05) is 60.6 Å². The highest BCUT2D eigenvalue weighted by Crippen LogP contribution is 2.24. The smallest absolute Gasteiger partial charge is 0.237 e. The Balaban J connectivity index is 1.63. The molecular formula is C19H19ClN4OS. The standard InChI is InChI=1S/C19H19ClN4OS/c1-3-13-7-9-14(10-8-13)17-22-19(24-23-17)26-12(2)18(25)21-16-6-4-5-15(20)11-16/h4-12H,3H2,1-2H3,(H,21,25)(H,22,23,24)/t12-/m0/s1. The number of halogens is 1. The Morgan fingerprint density at radius 2 is 2.04 bits per heavy atom. The van der Waals surface area contributed by atoms with Crippen LogP contribution in [0, 0.1) is 0 Å². The van der Waals surface area contributed by atoms with E-state index in [1.165, 1.54) is 17.3 Å². The van der Waals surface area contributed by atoms with Gasteiger partial charge in [0.1, 0.15) is 0 Å². The van der Waals surface area contributed by atoms with Crippen molar-refractivity contribution in [1.82, 2.24) is 15.2 Å². The number of nitrogens with zero attached hydrogens (tertiary/aromatic N) is 2. The molecule has 3 aromatic rings. The number of carbonyl (C=O) groups excluding carboxylic acids is 1. The number of thioether (sulfide) groups is 1. The maximum Gasteiger partial charge on any atom is 0.237 e. The minimum Gasteiger partial charge on any atom is -0.325 e. The molecular weight excluding hydrogens is 368 g/mol. The predicted molar refractivity (Wildman–Crippen MR) is 107 cm³/mol. The Morgan fingerprint density at radius 1 is 1.27 bits per heavy atom. The monoisotopic (exact) mass is 386 g/mol. The van der Waals surface area contributed by atoms with Gasteiger partial charge in [-0.2, -0.15) is 0 Å². The Morgan fingerprint density at radius 3 is 2.73 bits per heavy atom. The molecule has 7 heteroatoms. The molecule has 0 aliphatic heterocycles. The van der Waals surface area contributed by atoms with Gasteiger partial charge in [0.2, 0.25) is 11.1 Å². The lowest BCUT2D eigenvalue weighted by Gasteiger charge is -2.10. The molecule has 0 aliphatic carbocycles. The van der Waals surface area contributed by atoms with Gasteiger partial charge in [0.15, 0.2) is 5.82 Å². The van der Waals surface area contributed by atoms with E-state index in [2.05, 4.69) is 39.6 Å². The molecule has 0 saturated carbocycles. The van der Waals surface area contributed by atoms with Crippen molar-refractivity contribution < 1.29 is 4.79 Å². The highest BCUT2D eigenvalue weighted by Gasteiger charge is 2.17. The number of anilines is 1. The SMILES string of the molecule is CCc1ccc(-c2nc(S[C@@H](C)C(=O)Nc3cccc(Cl)c3)n[nH]2)cc1. The summed E-state index contributed by atoms with van der Waals surface area (Å²) >= 11 is 7.24. The van der Waals surface area contributed by atoms with Crippen LogP contribution >= 0.6 is 23.4 Å². The molecule has 0 saturated heterocycles. The van der Waals surface area contributed by atoms with Crippen LogP contribution < -0.4 is 5.32 Å². The molecule has 5 nitrogen and oxygen atoms in total. The lowest BCUT2D eigenvalue weighted by atomic mass is 10.1. The summed E-state index contributed by atoms with van der Waals surface area (Å²) in [5, 5.41) is 10.7. The van der Waals surface area contributed by atoms with E-state index < -0.39 is 0 Å². The fourth-order valence-corrected chi connectivity index (χ4v) is 3.26. The minimum absolute atomic E-state index is 0.129. The van der Waals surface area contributed by atoms with Crippen molar-refractivity contribution in [2.24, 2.45) is 0 Å². The van der Waals surface area contributed by atoms with Crippen LogP contribution in [0.3, 0.4) is 0 Å². The van der Waals surface area contributed by atoms with Crippen molar-refractivity contribution in [3.05, 3.63) is 59.1 Å². The van der Waals surface area contributed by atoms with Gasteiger partial charge in [0.25, 0.3) is 0 Å². The van der Waals surface area contributed by atoms with Crippen molar-refractivity contribution in [3.8, 4) is 11.4 Å². The van der Waals surface area contributed by atoms with E-state index in [4.69, 9.17) is 11.6 Å². The van der Waals surface area contributed by atoms with Crippen LogP contribution in [0.25, 0.3) is 11.4 Å². The fraction of sp³-hybridized carbons (Fsp3) is 0.211. The number of carbonyl (C=O) groups is 1. The highest BCUT2D eigenvalue weighted by atomic mass is 35.5. The molecule has 1 atom stereocenters. The summed E-state index contributed by atoms with van der Waals surface area (Å²) in [5.41, 5.74) is 2.91. The second-order valence-electron chi connectivity index (χ2n) is 5.78. The summed E-state index contributed by atoms with van der Waals surface area (Å²) in [6.45, 7) is 3.94. The zero-order valence-electron chi connectivity index (χ0n) is 14.5. The molecule has 0 spiro atoms. The number of hydrogen-bond acceptors (Lipinski definition) is 4. The van der Waals surface area contributed by atoms with Crippen LogP contribution in [0.1, 0.15) is 19.4 Å². The van der Waals surface area contributed by atoms with Gasteiger partial charge < -0.3 is 5.32 Å². The first-order chi connectivity index (χ1) is 12.5. The van der Waals surface area contributed by atoms with E-state index in [0.717, 1.165) is 12.0 Å². The minimum atomic E-state index is -0.347. The largest absolute Gasteiger partial charge is 0.325 e. The first-order valence-corrected chi connectivity index (χ1v) is 9.55. The highest BCUT2D eigenvalue weighted by molar-refractivity contribution is 8.00. The molecule has 0 fully saturated rings. The molecule has 1 amide bonds. The molecule has 0 aliphatic rings. The summed E-state index contributed by atoms with van der Waals surface area (Å²) < 4.78 is 0. The first-order valence-electron chi connectivity index (χ1n) is 8.30. The molecule has 0 radical (unpaired) electrons. The van der Waals surface area contributed by atoms with Crippen molar-refractivity contribution in [2.45, 2.75) is 30.7 Å². The van der Waals surface area contributed by atoms with Gasteiger partial charge in [-0.15, -0.1) is 5.10 Å². The van der Waals surface area contributed by atoms with Gasteiger partial charge >= 0.3 is 0 Å². The van der Waals surface area contributed by atoms with E-state index in [1.54, 1.807) is 24.3 Å². The third-order valence-electron chi connectivity index (χ3n) is 3.84. The number of amides is 1. The van der Waals surface area contributed by atoms with Crippen LogP contribution in [-0.2, 0) is 11.2 Å². The molecule has 1 aromatic heterocycles. The Hall–Kier alpha value is -2.31. The number of rotatable bonds is 6. The van der Waals surface area contributed by atoms with Crippen LogP contribution in [0.15, 0.2) is 53.7 Å². The second kappa shape index (κ2) is 8.38. The van der Waals surface area contributed by atoms with Gasteiger partial charge in [0, 0.05) is 16.3 Å². The average molecular weight is 387 g/mol. The number of aryl methyl sites for hydroxylation is 1. The molecule has 26 heavy (non-hydrogen) atoms. The fourth-order valence-electron chi connectivity index (χ4n) is 2.35. The van der Waals surface area contributed by atoms with E-state index in [0.29, 0.717) is 21.7 Å². The quantitative estimate of drug-likeness (QED) is 0.596. The summed E-state index contributed by atoms with van der Waals surface area (Å²) in [6, 6.07) is 15.2. The topological polar surface area (TPSA) is 70.7 Å². The number of nitrogens with one attached hydrogen (secondary N) is 2. The third-order valence-corrected chi connectivity index (χ3v) is 5.04. The summed E-state index contributed by atoms with van der Waals surface area (Å²) in [6.07, 6.45) is 0.997. The summed E-state index contributed by atoms with van der Waals surface area (Å²) in [4.78, 5) is 16.8. The zero-order chi connectivity index (χ0) is 18.5. The lowest BCUT2D eigenvalue weighted by Crippen LogP contribution is -2.22. The maximum atomic E-state index is 12.3. The van der Waals surface area contributed by atoms with E-state index in [9.17, 15) is 4.79 Å². The number of aromatic amines is 1. The van der Waals surface area contributed by atoms with Crippen molar-refractivity contribution in [2.75, 3.05) is 5.32 Å². The summed E-state index contributed by atoms with van der Waals surface area (Å²) in [5.74, 6) is 0.563.